The fourth-order valence-corrected chi connectivity index (χ4v) is 3.99. The second-order valence-corrected chi connectivity index (χ2v) is 8.15. The highest BCUT2D eigenvalue weighted by Gasteiger charge is 2.17. The van der Waals surface area contributed by atoms with Crippen molar-refractivity contribution in [3.8, 4) is 17.2 Å². The molecule has 0 unspecified atom stereocenters. The molecular weight excluding hydrogens is 464 g/mol. The number of ether oxygens (including phenoxy) is 3. The summed E-state index contributed by atoms with van der Waals surface area (Å²) in [7, 11) is 4.74. The van der Waals surface area contributed by atoms with Gasteiger partial charge in [-0.05, 0) is 48.1 Å². The van der Waals surface area contributed by atoms with Gasteiger partial charge < -0.3 is 29.4 Å². The van der Waals surface area contributed by atoms with Gasteiger partial charge >= 0.3 is 0 Å². The number of H-pyrrole nitrogens is 1. The van der Waals surface area contributed by atoms with Crippen LogP contribution in [0.2, 0.25) is 0 Å². The minimum absolute atomic E-state index is 0.207. The summed E-state index contributed by atoms with van der Waals surface area (Å²) < 4.78 is 16.2. The minimum atomic E-state index is -0.207. The van der Waals surface area contributed by atoms with Crippen LogP contribution in [0.3, 0.4) is 0 Å². The zero-order chi connectivity index (χ0) is 24.8. The first-order valence-corrected chi connectivity index (χ1v) is 11.3. The molecule has 0 fully saturated rings. The Kier molecular flexibility index (Phi) is 7.47. The standard InChI is InChI=1S/C26H26N4O4S/c1-32-22-9-5-4-8-20(22)29-26(35)30(15-17-7-6-10-27-14-17)16-19-11-18-12-23(33-2)24(34-3)13-21(18)28-25(19)31/h4-14H,15-16H2,1-3H3,(H,28,31)(H,29,35). The molecule has 2 aromatic carbocycles. The third-order valence-corrected chi connectivity index (χ3v) is 5.88. The molecule has 2 aromatic heterocycles. The van der Waals surface area contributed by atoms with Gasteiger partial charge in [0, 0.05) is 36.0 Å². The van der Waals surface area contributed by atoms with Crippen molar-refractivity contribution >= 4 is 33.9 Å². The van der Waals surface area contributed by atoms with Gasteiger partial charge in [-0.1, -0.05) is 18.2 Å². The summed E-state index contributed by atoms with van der Waals surface area (Å²) in [5.74, 6) is 1.79. The highest BCUT2D eigenvalue weighted by atomic mass is 32.1. The molecule has 0 saturated heterocycles. The lowest BCUT2D eigenvalue weighted by atomic mass is 10.1. The molecule has 0 amide bonds. The molecule has 0 aliphatic rings. The van der Waals surface area contributed by atoms with Crippen LogP contribution < -0.4 is 25.1 Å². The van der Waals surface area contributed by atoms with E-state index in [9.17, 15) is 4.79 Å². The van der Waals surface area contributed by atoms with Gasteiger partial charge in [-0.2, -0.15) is 0 Å². The quantitative estimate of drug-likeness (QED) is 0.353. The van der Waals surface area contributed by atoms with Crippen molar-refractivity contribution in [1.82, 2.24) is 14.9 Å². The monoisotopic (exact) mass is 490 g/mol. The topological polar surface area (TPSA) is 88.7 Å². The normalized spacial score (nSPS) is 10.6. The number of thiocarbonyl (C=S) groups is 1. The largest absolute Gasteiger partial charge is 0.495 e. The van der Waals surface area contributed by atoms with Crippen molar-refractivity contribution in [2.75, 3.05) is 26.6 Å². The Balaban J connectivity index is 1.68. The summed E-state index contributed by atoms with van der Waals surface area (Å²) in [6.07, 6.45) is 3.50. The van der Waals surface area contributed by atoms with E-state index in [-0.39, 0.29) is 12.1 Å². The molecule has 9 heteroatoms. The van der Waals surface area contributed by atoms with Crippen LogP contribution in [0.1, 0.15) is 11.1 Å². The molecule has 2 heterocycles. The van der Waals surface area contributed by atoms with E-state index >= 15 is 0 Å². The maximum atomic E-state index is 13.0. The van der Waals surface area contributed by atoms with Crippen LogP contribution in [-0.4, -0.2) is 41.3 Å². The van der Waals surface area contributed by atoms with Gasteiger partial charge in [0.2, 0.25) is 0 Å². The van der Waals surface area contributed by atoms with Crippen molar-refractivity contribution in [1.29, 1.82) is 0 Å². The van der Waals surface area contributed by atoms with Crippen LogP contribution in [0.15, 0.2) is 71.8 Å². The Bertz CT molecular complexity index is 1390. The minimum Gasteiger partial charge on any atom is -0.495 e. The van der Waals surface area contributed by atoms with Gasteiger partial charge in [-0.15, -0.1) is 0 Å². The molecule has 0 aliphatic heterocycles. The molecule has 35 heavy (non-hydrogen) atoms. The number of aromatic nitrogens is 2. The number of pyridine rings is 2. The average Bonchev–Trinajstić information content (AvgIpc) is 2.88. The van der Waals surface area contributed by atoms with Crippen LogP contribution in [0, 0.1) is 0 Å². The van der Waals surface area contributed by atoms with E-state index in [0.29, 0.717) is 40.0 Å². The fraction of sp³-hybridized carbons (Fsp3) is 0.192. The molecule has 4 rings (SSSR count). The van der Waals surface area contributed by atoms with Gasteiger partial charge in [0.1, 0.15) is 5.75 Å². The molecule has 0 aliphatic carbocycles. The molecule has 8 nitrogen and oxygen atoms in total. The van der Waals surface area contributed by atoms with Crippen LogP contribution in [-0.2, 0) is 13.1 Å². The number of methoxy groups -OCH3 is 3. The number of para-hydroxylation sites is 2. The molecule has 4 aromatic rings. The highest BCUT2D eigenvalue weighted by molar-refractivity contribution is 7.80. The zero-order valence-electron chi connectivity index (χ0n) is 19.7. The summed E-state index contributed by atoms with van der Waals surface area (Å²) in [5.41, 5.74) is 2.70. The van der Waals surface area contributed by atoms with E-state index in [1.54, 1.807) is 39.8 Å². The lowest BCUT2D eigenvalue weighted by Crippen LogP contribution is -2.35. The van der Waals surface area contributed by atoms with Crippen molar-refractivity contribution in [3.05, 3.63) is 88.5 Å². The number of hydrogen-bond acceptors (Lipinski definition) is 6. The van der Waals surface area contributed by atoms with Crippen LogP contribution in [0.25, 0.3) is 10.9 Å². The summed E-state index contributed by atoms with van der Waals surface area (Å²) >= 11 is 5.76. The van der Waals surface area contributed by atoms with Crippen LogP contribution in [0.4, 0.5) is 5.69 Å². The number of anilines is 1. The third kappa shape index (κ3) is 5.52. The predicted octanol–water partition coefficient (Wildman–Crippen LogP) is 4.35. The summed E-state index contributed by atoms with van der Waals surface area (Å²) in [6.45, 7) is 0.730. The van der Waals surface area contributed by atoms with E-state index < -0.39 is 0 Å². The molecule has 0 saturated carbocycles. The molecule has 0 atom stereocenters. The smallest absolute Gasteiger partial charge is 0.253 e. The van der Waals surface area contributed by atoms with Crippen LogP contribution in [0.5, 0.6) is 17.2 Å². The van der Waals surface area contributed by atoms with Gasteiger partial charge in [0.05, 0.1) is 39.1 Å². The average molecular weight is 491 g/mol. The molecule has 180 valence electrons. The van der Waals surface area contributed by atoms with Gasteiger partial charge in [-0.3, -0.25) is 9.78 Å². The lowest BCUT2D eigenvalue weighted by molar-refractivity contribution is 0.355. The fourth-order valence-electron chi connectivity index (χ4n) is 3.76. The third-order valence-electron chi connectivity index (χ3n) is 5.52. The summed E-state index contributed by atoms with van der Waals surface area (Å²) in [4.78, 5) is 22.1. The highest BCUT2D eigenvalue weighted by Crippen LogP contribution is 2.31. The number of benzene rings is 2. The molecule has 0 bridgehead atoms. The molecule has 2 N–H and O–H groups in total. The number of fused-ring (bicyclic) bond motifs is 1. The number of nitrogens with zero attached hydrogens (tertiary/aromatic N) is 2. The van der Waals surface area contributed by atoms with E-state index in [0.717, 1.165) is 16.6 Å². The van der Waals surface area contributed by atoms with Gasteiger partial charge in [0.15, 0.2) is 16.6 Å². The Morgan fingerprint density at radius 2 is 1.71 bits per heavy atom. The Morgan fingerprint density at radius 1 is 0.971 bits per heavy atom. The molecule has 0 radical (unpaired) electrons. The van der Waals surface area contributed by atoms with Crippen LogP contribution >= 0.6 is 12.2 Å². The first-order valence-electron chi connectivity index (χ1n) is 10.9. The number of aromatic amines is 1. The van der Waals surface area contributed by atoms with E-state index in [1.165, 1.54) is 0 Å². The van der Waals surface area contributed by atoms with Crippen molar-refractivity contribution in [3.63, 3.8) is 0 Å². The van der Waals surface area contributed by atoms with Crippen molar-refractivity contribution in [2.24, 2.45) is 0 Å². The van der Waals surface area contributed by atoms with E-state index in [4.69, 9.17) is 26.4 Å². The maximum Gasteiger partial charge on any atom is 0.253 e. The Labute approximate surface area is 208 Å². The van der Waals surface area contributed by atoms with Gasteiger partial charge in [-0.25, -0.2) is 0 Å². The van der Waals surface area contributed by atoms with E-state index in [2.05, 4.69) is 15.3 Å². The summed E-state index contributed by atoms with van der Waals surface area (Å²) in [6, 6.07) is 16.8. The van der Waals surface area contributed by atoms with Crippen molar-refractivity contribution < 1.29 is 14.2 Å². The zero-order valence-corrected chi connectivity index (χ0v) is 20.5. The molecular formula is C26H26N4O4S. The Hall–Kier alpha value is -4.11. The second-order valence-electron chi connectivity index (χ2n) is 7.77. The Morgan fingerprint density at radius 3 is 2.43 bits per heavy atom. The number of nitrogens with one attached hydrogen (secondary N) is 2. The summed E-state index contributed by atoms with van der Waals surface area (Å²) in [5, 5.41) is 4.53. The first kappa shape index (κ1) is 24.0. The SMILES string of the molecule is COc1ccccc1NC(=S)N(Cc1cccnc1)Cc1cc2cc(OC)c(OC)cc2[nH]c1=O. The lowest BCUT2D eigenvalue weighted by Gasteiger charge is -2.26. The van der Waals surface area contributed by atoms with E-state index in [1.807, 2.05) is 53.4 Å². The maximum absolute atomic E-state index is 13.0. The number of rotatable bonds is 8. The predicted molar refractivity (Wildman–Crippen MR) is 140 cm³/mol. The van der Waals surface area contributed by atoms with Gasteiger partial charge in [0.25, 0.3) is 5.56 Å². The second kappa shape index (κ2) is 10.9. The number of hydrogen-bond donors (Lipinski definition) is 2. The first-order chi connectivity index (χ1) is 17.0. The van der Waals surface area contributed by atoms with Crippen molar-refractivity contribution in [2.45, 2.75) is 13.1 Å². The molecule has 0 spiro atoms.